The molecule has 0 N–H and O–H groups in total. The van der Waals surface area contributed by atoms with Crippen LogP contribution < -0.4 is 4.74 Å². The van der Waals surface area contributed by atoms with Crippen LogP contribution in [-0.4, -0.2) is 17.4 Å². The summed E-state index contributed by atoms with van der Waals surface area (Å²) in [7, 11) is 0. The highest BCUT2D eigenvalue weighted by atomic mass is 16.5. The van der Waals surface area contributed by atoms with Crippen molar-refractivity contribution in [1.29, 1.82) is 0 Å². The largest absolute Gasteiger partial charge is 0.493 e. The SMILES string of the molecule is Cc1cc(C(=O)c2ccncc2)cc2c1OCCCC2. The van der Waals surface area contributed by atoms with Crippen LogP contribution in [0.4, 0.5) is 0 Å². The molecule has 0 saturated heterocycles. The van der Waals surface area contributed by atoms with Gasteiger partial charge in [-0.2, -0.15) is 0 Å². The Morgan fingerprint density at radius 2 is 1.95 bits per heavy atom. The van der Waals surface area contributed by atoms with Gasteiger partial charge in [0, 0.05) is 23.5 Å². The van der Waals surface area contributed by atoms with Crippen LogP contribution in [0.3, 0.4) is 0 Å². The second-order valence-electron chi connectivity index (χ2n) is 5.15. The summed E-state index contributed by atoms with van der Waals surface area (Å²) in [6, 6.07) is 7.41. The van der Waals surface area contributed by atoms with Gasteiger partial charge in [0.25, 0.3) is 0 Å². The van der Waals surface area contributed by atoms with Crippen LogP contribution in [0.2, 0.25) is 0 Å². The third-order valence-electron chi connectivity index (χ3n) is 3.64. The number of aryl methyl sites for hydroxylation is 2. The molecule has 0 unspecified atom stereocenters. The number of fused-ring (bicyclic) bond motifs is 1. The maximum Gasteiger partial charge on any atom is 0.193 e. The molecule has 3 heteroatoms. The van der Waals surface area contributed by atoms with Gasteiger partial charge in [-0.05, 0) is 61.6 Å². The molecule has 1 aromatic carbocycles. The van der Waals surface area contributed by atoms with Crippen molar-refractivity contribution in [2.75, 3.05) is 6.61 Å². The predicted molar refractivity (Wildman–Crippen MR) is 77.3 cm³/mol. The number of ether oxygens (including phenoxy) is 1. The van der Waals surface area contributed by atoms with Gasteiger partial charge in [0.15, 0.2) is 5.78 Å². The first-order chi connectivity index (χ1) is 9.75. The quantitative estimate of drug-likeness (QED) is 0.783. The van der Waals surface area contributed by atoms with Gasteiger partial charge < -0.3 is 4.74 Å². The van der Waals surface area contributed by atoms with Crippen molar-refractivity contribution in [3.05, 3.63) is 58.9 Å². The van der Waals surface area contributed by atoms with Gasteiger partial charge in [0.05, 0.1) is 6.61 Å². The normalized spacial score (nSPS) is 14.1. The molecular formula is C17H17NO2. The highest BCUT2D eigenvalue weighted by molar-refractivity contribution is 6.09. The first kappa shape index (κ1) is 12.9. The molecule has 0 aliphatic carbocycles. The molecular weight excluding hydrogens is 250 g/mol. The van der Waals surface area contributed by atoms with Gasteiger partial charge >= 0.3 is 0 Å². The Morgan fingerprint density at radius 1 is 1.15 bits per heavy atom. The minimum absolute atomic E-state index is 0.0440. The second kappa shape index (κ2) is 5.45. The summed E-state index contributed by atoms with van der Waals surface area (Å²) >= 11 is 0. The van der Waals surface area contributed by atoms with Crippen LogP contribution >= 0.6 is 0 Å². The number of nitrogens with zero attached hydrogens (tertiary/aromatic N) is 1. The van der Waals surface area contributed by atoms with Crippen molar-refractivity contribution in [3.63, 3.8) is 0 Å². The molecule has 0 amide bonds. The molecule has 20 heavy (non-hydrogen) atoms. The molecule has 0 atom stereocenters. The van der Waals surface area contributed by atoms with E-state index in [0.29, 0.717) is 5.56 Å². The van der Waals surface area contributed by atoms with Crippen molar-refractivity contribution >= 4 is 5.78 Å². The van der Waals surface area contributed by atoms with E-state index in [0.717, 1.165) is 48.3 Å². The molecule has 1 aliphatic rings. The van der Waals surface area contributed by atoms with Crippen LogP contribution in [-0.2, 0) is 6.42 Å². The highest BCUT2D eigenvalue weighted by Gasteiger charge is 2.16. The number of carbonyl (C=O) groups is 1. The van der Waals surface area contributed by atoms with Gasteiger partial charge in [-0.3, -0.25) is 9.78 Å². The maximum atomic E-state index is 12.5. The van der Waals surface area contributed by atoms with E-state index in [1.807, 2.05) is 19.1 Å². The zero-order valence-corrected chi connectivity index (χ0v) is 11.6. The smallest absolute Gasteiger partial charge is 0.193 e. The van der Waals surface area contributed by atoms with Gasteiger partial charge in [-0.15, -0.1) is 0 Å². The average molecular weight is 267 g/mol. The van der Waals surface area contributed by atoms with Crippen molar-refractivity contribution in [1.82, 2.24) is 4.98 Å². The minimum Gasteiger partial charge on any atom is -0.493 e. The summed E-state index contributed by atoms with van der Waals surface area (Å²) in [5.41, 5.74) is 3.61. The second-order valence-corrected chi connectivity index (χ2v) is 5.15. The lowest BCUT2D eigenvalue weighted by Gasteiger charge is -2.12. The van der Waals surface area contributed by atoms with Crippen LogP contribution in [0, 0.1) is 6.92 Å². The third kappa shape index (κ3) is 2.44. The molecule has 0 spiro atoms. The van der Waals surface area contributed by atoms with Crippen molar-refractivity contribution in [3.8, 4) is 5.75 Å². The van der Waals surface area contributed by atoms with Crippen LogP contribution in [0.25, 0.3) is 0 Å². The van der Waals surface area contributed by atoms with E-state index in [1.165, 1.54) is 0 Å². The van der Waals surface area contributed by atoms with E-state index >= 15 is 0 Å². The van der Waals surface area contributed by atoms with Gasteiger partial charge in [-0.1, -0.05) is 0 Å². The van der Waals surface area contributed by atoms with E-state index in [2.05, 4.69) is 4.98 Å². The average Bonchev–Trinajstić information content (AvgIpc) is 2.73. The summed E-state index contributed by atoms with van der Waals surface area (Å²) in [5, 5.41) is 0. The van der Waals surface area contributed by atoms with Crippen molar-refractivity contribution in [2.24, 2.45) is 0 Å². The number of hydrogen-bond donors (Lipinski definition) is 0. The Bertz CT molecular complexity index is 635. The van der Waals surface area contributed by atoms with Crippen LogP contribution in [0.5, 0.6) is 5.75 Å². The molecule has 1 aromatic heterocycles. The Hall–Kier alpha value is -2.16. The van der Waals surface area contributed by atoms with Gasteiger partial charge in [0.2, 0.25) is 0 Å². The molecule has 0 fully saturated rings. The lowest BCUT2D eigenvalue weighted by molar-refractivity contribution is 0.103. The van der Waals surface area contributed by atoms with E-state index < -0.39 is 0 Å². The zero-order valence-electron chi connectivity index (χ0n) is 11.6. The van der Waals surface area contributed by atoms with E-state index in [1.54, 1.807) is 24.5 Å². The number of hydrogen-bond acceptors (Lipinski definition) is 3. The minimum atomic E-state index is 0.0440. The Labute approximate surface area is 118 Å². The first-order valence-corrected chi connectivity index (χ1v) is 6.97. The third-order valence-corrected chi connectivity index (χ3v) is 3.64. The van der Waals surface area contributed by atoms with E-state index in [9.17, 15) is 4.79 Å². The molecule has 102 valence electrons. The molecule has 3 nitrogen and oxygen atoms in total. The van der Waals surface area contributed by atoms with E-state index in [4.69, 9.17) is 4.74 Å². The number of pyridine rings is 1. The zero-order chi connectivity index (χ0) is 13.9. The number of aromatic nitrogens is 1. The van der Waals surface area contributed by atoms with Crippen molar-refractivity contribution in [2.45, 2.75) is 26.2 Å². The number of carbonyl (C=O) groups excluding carboxylic acids is 1. The monoisotopic (exact) mass is 267 g/mol. The molecule has 0 bridgehead atoms. The summed E-state index contributed by atoms with van der Waals surface area (Å²) in [6.07, 6.45) is 6.45. The fourth-order valence-corrected chi connectivity index (χ4v) is 2.63. The Kier molecular flexibility index (Phi) is 3.50. The molecule has 2 aromatic rings. The number of benzene rings is 1. The summed E-state index contributed by atoms with van der Waals surface area (Å²) in [5.74, 6) is 1.01. The molecule has 3 rings (SSSR count). The Balaban J connectivity index is 2.01. The lowest BCUT2D eigenvalue weighted by atomic mass is 9.97. The van der Waals surface area contributed by atoms with E-state index in [-0.39, 0.29) is 5.78 Å². The maximum absolute atomic E-state index is 12.5. The molecule has 0 radical (unpaired) electrons. The fraction of sp³-hybridized carbons (Fsp3) is 0.294. The van der Waals surface area contributed by atoms with Crippen LogP contribution in [0.1, 0.15) is 39.9 Å². The van der Waals surface area contributed by atoms with Crippen molar-refractivity contribution < 1.29 is 9.53 Å². The topological polar surface area (TPSA) is 39.2 Å². The summed E-state index contributed by atoms with van der Waals surface area (Å²) in [6.45, 7) is 2.78. The first-order valence-electron chi connectivity index (χ1n) is 6.97. The fourth-order valence-electron chi connectivity index (χ4n) is 2.63. The highest BCUT2D eigenvalue weighted by Crippen LogP contribution is 2.30. The summed E-state index contributed by atoms with van der Waals surface area (Å²) < 4.78 is 5.80. The van der Waals surface area contributed by atoms with Gasteiger partial charge in [0.1, 0.15) is 5.75 Å². The molecule has 1 aliphatic heterocycles. The molecule has 0 saturated carbocycles. The number of ketones is 1. The summed E-state index contributed by atoms with van der Waals surface area (Å²) in [4.78, 5) is 16.5. The lowest BCUT2D eigenvalue weighted by Crippen LogP contribution is -2.05. The van der Waals surface area contributed by atoms with Gasteiger partial charge in [-0.25, -0.2) is 0 Å². The molecule has 2 heterocycles. The Morgan fingerprint density at radius 3 is 2.75 bits per heavy atom. The number of rotatable bonds is 2. The van der Waals surface area contributed by atoms with Crippen LogP contribution in [0.15, 0.2) is 36.7 Å². The standard InChI is InChI=1S/C17H17NO2/c1-12-10-15(16(19)13-5-7-18-8-6-13)11-14-4-2-3-9-20-17(12)14/h5-8,10-11H,2-4,9H2,1H3. The predicted octanol–water partition coefficient (Wildman–Crippen LogP) is 3.34.